The van der Waals surface area contributed by atoms with Gasteiger partial charge in [0.05, 0.1) is 16.9 Å². The molecule has 1 N–H and O–H groups in total. The van der Waals surface area contributed by atoms with Gasteiger partial charge in [-0.05, 0) is 80.1 Å². The summed E-state index contributed by atoms with van der Waals surface area (Å²) < 4.78 is 1.81. The first-order chi connectivity index (χ1) is 16.2. The first-order valence-electron chi connectivity index (χ1n) is 11.4. The lowest BCUT2D eigenvalue weighted by Crippen LogP contribution is -2.06. The number of benzene rings is 2. The van der Waals surface area contributed by atoms with E-state index in [4.69, 9.17) is 4.98 Å². The quantitative estimate of drug-likeness (QED) is 0.388. The van der Waals surface area contributed by atoms with E-state index >= 15 is 0 Å². The second kappa shape index (κ2) is 8.13. The lowest BCUT2D eigenvalue weighted by Gasteiger charge is -2.16. The Morgan fingerprint density at radius 3 is 2.58 bits per heavy atom. The number of hydrogen-bond donors (Lipinski definition) is 1. The predicted molar refractivity (Wildman–Crippen MR) is 131 cm³/mol. The Labute approximate surface area is 192 Å². The van der Waals surface area contributed by atoms with Crippen LogP contribution in [-0.4, -0.2) is 25.0 Å². The predicted octanol–water partition coefficient (Wildman–Crippen LogP) is 5.81. The Kier molecular flexibility index (Phi) is 4.83. The standard InChI is InChI=1S/C27H24N6/c1-18-16-27(33(32-18)26-15-12-20-7-4-5-9-23(20)28-26)29-25-14-13-24(30-31-25)22-11-10-19-6-2-3-8-21(19)17-22/h4-5,7,9-17H,2-3,6,8H2,1H3,(H,29,31). The van der Waals surface area contributed by atoms with E-state index in [2.05, 4.69) is 50.9 Å². The molecule has 3 aromatic heterocycles. The molecule has 3 heterocycles. The normalized spacial score (nSPS) is 13.1. The molecule has 0 bridgehead atoms. The fourth-order valence-corrected chi connectivity index (χ4v) is 4.51. The van der Waals surface area contributed by atoms with E-state index in [0.29, 0.717) is 5.82 Å². The van der Waals surface area contributed by atoms with Crippen LogP contribution in [-0.2, 0) is 12.8 Å². The molecule has 0 atom stereocenters. The molecule has 0 radical (unpaired) electrons. The second-order valence-electron chi connectivity index (χ2n) is 8.56. The molecule has 6 nitrogen and oxygen atoms in total. The van der Waals surface area contributed by atoms with Crippen LogP contribution in [0.2, 0.25) is 0 Å². The van der Waals surface area contributed by atoms with Crippen LogP contribution in [0.15, 0.2) is 72.8 Å². The summed E-state index contributed by atoms with van der Waals surface area (Å²) in [7, 11) is 0. The summed E-state index contributed by atoms with van der Waals surface area (Å²) in [6.07, 6.45) is 4.90. The van der Waals surface area contributed by atoms with Gasteiger partial charge in [-0.15, -0.1) is 10.2 Å². The Morgan fingerprint density at radius 2 is 1.70 bits per heavy atom. The minimum absolute atomic E-state index is 0.665. The molecule has 1 aliphatic carbocycles. The number of pyridine rings is 1. The maximum absolute atomic E-state index is 4.77. The molecule has 0 unspecified atom stereocenters. The van der Waals surface area contributed by atoms with Crippen molar-refractivity contribution >= 4 is 22.5 Å². The van der Waals surface area contributed by atoms with E-state index in [1.54, 1.807) is 4.68 Å². The second-order valence-corrected chi connectivity index (χ2v) is 8.56. The molecule has 0 saturated heterocycles. The number of anilines is 2. The van der Waals surface area contributed by atoms with Crippen molar-refractivity contribution in [3.05, 3.63) is 89.6 Å². The number of aryl methyl sites for hydroxylation is 3. The lowest BCUT2D eigenvalue weighted by atomic mass is 9.90. The third-order valence-corrected chi connectivity index (χ3v) is 6.20. The van der Waals surface area contributed by atoms with E-state index in [1.165, 1.54) is 30.4 Å². The van der Waals surface area contributed by atoms with Gasteiger partial charge in [0.1, 0.15) is 5.82 Å². The monoisotopic (exact) mass is 432 g/mol. The van der Waals surface area contributed by atoms with Crippen LogP contribution in [0.5, 0.6) is 0 Å². The molecule has 6 heteroatoms. The van der Waals surface area contributed by atoms with Crippen molar-refractivity contribution in [1.82, 2.24) is 25.0 Å². The van der Waals surface area contributed by atoms with Crippen LogP contribution in [0.25, 0.3) is 28.0 Å². The first-order valence-corrected chi connectivity index (χ1v) is 11.4. The number of para-hydroxylation sites is 1. The van der Waals surface area contributed by atoms with Gasteiger partial charge in [-0.1, -0.05) is 30.3 Å². The van der Waals surface area contributed by atoms with Crippen LogP contribution < -0.4 is 5.32 Å². The fraction of sp³-hybridized carbons (Fsp3) is 0.185. The van der Waals surface area contributed by atoms with Crippen molar-refractivity contribution in [2.24, 2.45) is 0 Å². The van der Waals surface area contributed by atoms with Crippen molar-refractivity contribution in [2.75, 3.05) is 5.32 Å². The van der Waals surface area contributed by atoms with Gasteiger partial charge in [0.25, 0.3) is 0 Å². The Morgan fingerprint density at radius 1 is 0.818 bits per heavy atom. The molecule has 0 fully saturated rings. The van der Waals surface area contributed by atoms with Gasteiger partial charge in [0.2, 0.25) is 0 Å². The maximum atomic E-state index is 4.77. The number of fused-ring (bicyclic) bond motifs is 2. The smallest absolute Gasteiger partial charge is 0.156 e. The zero-order valence-corrected chi connectivity index (χ0v) is 18.5. The van der Waals surface area contributed by atoms with Gasteiger partial charge in [-0.2, -0.15) is 9.78 Å². The molecule has 0 spiro atoms. The van der Waals surface area contributed by atoms with Crippen LogP contribution >= 0.6 is 0 Å². The Balaban J connectivity index is 1.28. The summed E-state index contributed by atoms with van der Waals surface area (Å²) in [5, 5.41) is 18.0. The molecule has 0 saturated carbocycles. The van der Waals surface area contributed by atoms with Gasteiger partial charge in [0.15, 0.2) is 11.6 Å². The van der Waals surface area contributed by atoms with Crippen molar-refractivity contribution in [3.8, 4) is 17.1 Å². The minimum Gasteiger partial charge on any atom is -0.323 e. The maximum Gasteiger partial charge on any atom is 0.156 e. The average Bonchev–Trinajstić information content (AvgIpc) is 3.23. The SMILES string of the molecule is Cc1cc(Nc2ccc(-c3ccc4c(c3)CCCC4)nn2)n(-c2ccc3ccccc3n2)n1. The minimum atomic E-state index is 0.665. The van der Waals surface area contributed by atoms with E-state index in [-0.39, 0.29) is 0 Å². The number of nitrogens with zero attached hydrogens (tertiary/aromatic N) is 5. The van der Waals surface area contributed by atoms with Gasteiger partial charge in [-0.25, -0.2) is 4.98 Å². The van der Waals surface area contributed by atoms with Crippen LogP contribution in [0, 0.1) is 6.92 Å². The Hall–Kier alpha value is -4.06. The summed E-state index contributed by atoms with van der Waals surface area (Å²) in [6, 6.07) is 24.7. The van der Waals surface area contributed by atoms with Gasteiger partial charge < -0.3 is 5.32 Å². The van der Waals surface area contributed by atoms with Crippen LogP contribution in [0.4, 0.5) is 11.6 Å². The largest absolute Gasteiger partial charge is 0.323 e. The number of hydrogen-bond acceptors (Lipinski definition) is 5. The summed E-state index contributed by atoms with van der Waals surface area (Å²) in [4.78, 5) is 4.77. The first kappa shape index (κ1) is 19.6. The molecule has 5 aromatic rings. The van der Waals surface area contributed by atoms with Gasteiger partial charge in [-0.3, -0.25) is 0 Å². The number of aromatic nitrogens is 5. The van der Waals surface area contributed by atoms with Crippen molar-refractivity contribution < 1.29 is 0 Å². The average molecular weight is 433 g/mol. The molecular weight excluding hydrogens is 408 g/mol. The summed E-state index contributed by atoms with van der Waals surface area (Å²) in [5.74, 6) is 2.22. The third-order valence-electron chi connectivity index (χ3n) is 6.20. The topological polar surface area (TPSA) is 68.5 Å². The van der Waals surface area contributed by atoms with Gasteiger partial charge >= 0.3 is 0 Å². The highest BCUT2D eigenvalue weighted by molar-refractivity contribution is 5.79. The summed E-state index contributed by atoms with van der Waals surface area (Å²) in [6.45, 7) is 1.97. The lowest BCUT2D eigenvalue weighted by molar-refractivity contribution is 0.686. The van der Waals surface area contributed by atoms with Crippen LogP contribution in [0.1, 0.15) is 29.7 Å². The highest BCUT2D eigenvalue weighted by atomic mass is 15.4. The number of rotatable bonds is 4. The van der Waals surface area contributed by atoms with E-state index in [9.17, 15) is 0 Å². The molecule has 6 rings (SSSR count). The van der Waals surface area contributed by atoms with E-state index in [1.807, 2.05) is 49.4 Å². The highest BCUT2D eigenvalue weighted by Crippen LogP contribution is 2.27. The molecule has 1 aliphatic rings. The summed E-state index contributed by atoms with van der Waals surface area (Å²) in [5.41, 5.74) is 6.76. The van der Waals surface area contributed by atoms with E-state index in [0.717, 1.165) is 45.9 Å². The highest BCUT2D eigenvalue weighted by Gasteiger charge is 2.13. The summed E-state index contributed by atoms with van der Waals surface area (Å²) >= 11 is 0. The Bertz CT molecular complexity index is 1450. The molecule has 0 amide bonds. The van der Waals surface area contributed by atoms with E-state index < -0.39 is 0 Å². The zero-order valence-electron chi connectivity index (χ0n) is 18.5. The molecule has 33 heavy (non-hydrogen) atoms. The third kappa shape index (κ3) is 3.84. The van der Waals surface area contributed by atoms with Gasteiger partial charge in [0, 0.05) is 17.0 Å². The fourth-order valence-electron chi connectivity index (χ4n) is 4.51. The molecule has 2 aromatic carbocycles. The molecule has 0 aliphatic heterocycles. The van der Waals surface area contributed by atoms with Crippen molar-refractivity contribution in [1.29, 1.82) is 0 Å². The molecule has 162 valence electrons. The van der Waals surface area contributed by atoms with Crippen molar-refractivity contribution in [3.63, 3.8) is 0 Å². The van der Waals surface area contributed by atoms with Crippen molar-refractivity contribution in [2.45, 2.75) is 32.6 Å². The number of nitrogens with one attached hydrogen (secondary N) is 1. The molecular formula is C27H24N6. The zero-order chi connectivity index (χ0) is 22.2. The van der Waals surface area contributed by atoms with Crippen LogP contribution in [0.3, 0.4) is 0 Å².